The molecule has 1 N–H and O–H groups in total. The van der Waals surface area contributed by atoms with Gasteiger partial charge in [0.1, 0.15) is 0 Å². The van der Waals surface area contributed by atoms with E-state index in [-0.39, 0.29) is 23.7 Å². The highest BCUT2D eigenvalue weighted by molar-refractivity contribution is 6.21. The summed E-state index contributed by atoms with van der Waals surface area (Å²) in [5.41, 5.74) is 1.57. The number of carbonyl (C=O) groups excluding carboxylic acids is 2. The lowest BCUT2D eigenvalue weighted by Gasteiger charge is -2.09. The van der Waals surface area contributed by atoms with Gasteiger partial charge >= 0.3 is 0 Å². The maximum absolute atomic E-state index is 12.0. The number of H-pyrrole nitrogens is 1. The maximum Gasteiger partial charge on any atom is 0.239 e. The minimum atomic E-state index is -0.286. The molecule has 2 aromatic rings. The lowest BCUT2D eigenvalue weighted by atomic mass is 10.00. The minimum absolute atomic E-state index is 0.188. The van der Waals surface area contributed by atoms with Crippen LogP contribution < -0.4 is 4.90 Å². The monoisotopic (exact) mass is 243 g/mol. The van der Waals surface area contributed by atoms with Crippen LogP contribution in [-0.4, -0.2) is 21.8 Å². The number of nitrogens with one attached hydrogen (secondary N) is 1. The maximum atomic E-state index is 12.0. The number of imide groups is 1. The predicted octanol–water partition coefficient (Wildman–Crippen LogP) is 1.71. The second-order valence-electron chi connectivity index (χ2n) is 4.67. The van der Waals surface area contributed by atoms with Crippen molar-refractivity contribution >= 4 is 28.8 Å². The van der Waals surface area contributed by atoms with Crippen LogP contribution in [0.5, 0.6) is 0 Å². The Hall–Kier alpha value is -2.17. The van der Waals surface area contributed by atoms with Crippen molar-refractivity contribution in [1.82, 2.24) is 9.97 Å². The molecule has 0 bridgehead atoms. The lowest BCUT2D eigenvalue weighted by molar-refractivity contribution is -0.122. The van der Waals surface area contributed by atoms with Gasteiger partial charge in [-0.05, 0) is 12.1 Å². The number of anilines is 1. The topological polar surface area (TPSA) is 66.1 Å². The zero-order valence-electron chi connectivity index (χ0n) is 10.2. The van der Waals surface area contributed by atoms with Gasteiger partial charge in [0.05, 0.1) is 11.0 Å². The molecule has 1 fully saturated rings. The molecule has 2 heterocycles. The first-order valence-corrected chi connectivity index (χ1v) is 5.92. The Morgan fingerprint density at radius 3 is 2.33 bits per heavy atom. The fourth-order valence-corrected chi connectivity index (χ4v) is 2.20. The summed E-state index contributed by atoms with van der Waals surface area (Å²) in [4.78, 5) is 32.6. The molecule has 18 heavy (non-hydrogen) atoms. The van der Waals surface area contributed by atoms with E-state index in [1.54, 1.807) is 13.8 Å². The third-order valence-corrected chi connectivity index (χ3v) is 3.56. The molecule has 1 aliphatic rings. The second-order valence-corrected chi connectivity index (χ2v) is 4.67. The average Bonchev–Trinajstić information content (AvgIpc) is 2.86. The Morgan fingerprint density at radius 2 is 1.72 bits per heavy atom. The van der Waals surface area contributed by atoms with Crippen molar-refractivity contribution in [1.29, 1.82) is 0 Å². The van der Waals surface area contributed by atoms with Crippen molar-refractivity contribution in [2.24, 2.45) is 11.8 Å². The minimum Gasteiger partial charge on any atom is -0.323 e. The molecule has 2 unspecified atom stereocenters. The number of fused-ring (bicyclic) bond motifs is 1. The Labute approximate surface area is 104 Å². The lowest BCUT2D eigenvalue weighted by Crippen LogP contribution is -2.31. The molecule has 0 spiro atoms. The quantitative estimate of drug-likeness (QED) is 0.775. The molecule has 1 saturated heterocycles. The molecule has 2 amide bonds. The molecule has 1 aliphatic heterocycles. The molecule has 1 aromatic heterocycles. The number of hydrogen-bond donors (Lipinski definition) is 1. The summed E-state index contributed by atoms with van der Waals surface area (Å²) in [5.74, 6) is -0.628. The van der Waals surface area contributed by atoms with Gasteiger partial charge in [0.15, 0.2) is 0 Å². The van der Waals surface area contributed by atoms with Gasteiger partial charge in [-0.3, -0.25) is 9.59 Å². The predicted molar refractivity (Wildman–Crippen MR) is 66.9 cm³/mol. The highest BCUT2D eigenvalue weighted by Gasteiger charge is 2.44. The number of nitrogens with zero attached hydrogens (tertiary/aromatic N) is 2. The van der Waals surface area contributed by atoms with Crippen LogP contribution in [0.4, 0.5) is 5.95 Å². The fraction of sp³-hybridized carbons (Fsp3) is 0.308. The van der Waals surface area contributed by atoms with E-state index in [4.69, 9.17) is 0 Å². The first-order chi connectivity index (χ1) is 8.59. The standard InChI is InChI=1S/C13H13N3O2/c1-7-8(2)12(18)16(11(7)17)13-14-9-5-3-4-6-10(9)15-13/h3-8H,1-2H3,(H,14,15). The van der Waals surface area contributed by atoms with Crippen molar-refractivity contribution in [3.8, 4) is 0 Å². The summed E-state index contributed by atoms with van der Waals surface area (Å²) in [6.45, 7) is 3.54. The van der Waals surface area contributed by atoms with E-state index in [0.29, 0.717) is 5.95 Å². The van der Waals surface area contributed by atoms with E-state index in [2.05, 4.69) is 9.97 Å². The summed E-state index contributed by atoms with van der Waals surface area (Å²) >= 11 is 0. The Bertz CT molecular complexity index is 593. The summed E-state index contributed by atoms with van der Waals surface area (Å²) < 4.78 is 0. The molecular weight excluding hydrogens is 230 g/mol. The number of amides is 2. The van der Waals surface area contributed by atoms with Crippen molar-refractivity contribution in [3.05, 3.63) is 24.3 Å². The van der Waals surface area contributed by atoms with Gasteiger partial charge in [-0.1, -0.05) is 26.0 Å². The molecular formula is C13H13N3O2. The summed E-state index contributed by atoms with van der Waals surface area (Å²) in [6.07, 6.45) is 0. The van der Waals surface area contributed by atoms with Crippen LogP contribution in [0.15, 0.2) is 24.3 Å². The van der Waals surface area contributed by atoms with Crippen LogP contribution in [0.2, 0.25) is 0 Å². The van der Waals surface area contributed by atoms with Gasteiger partial charge in [-0.15, -0.1) is 0 Å². The molecule has 0 radical (unpaired) electrons. The smallest absolute Gasteiger partial charge is 0.239 e. The van der Waals surface area contributed by atoms with Crippen LogP contribution in [0.25, 0.3) is 11.0 Å². The van der Waals surface area contributed by atoms with Gasteiger partial charge in [0, 0.05) is 11.8 Å². The molecule has 0 aliphatic carbocycles. The highest BCUT2D eigenvalue weighted by Crippen LogP contribution is 2.29. The van der Waals surface area contributed by atoms with Crippen LogP contribution in [0.1, 0.15) is 13.8 Å². The van der Waals surface area contributed by atoms with Gasteiger partial charge in [0.25, 0.3) is 0 Å². The number of imidazole rings is 1. The number of carbonyl (C=O) groups is 2. The van der Waals surface area contributed by atoms with Crippen molar-refractivity contribution in [2.75, 3.05) is 4.90 Å². The summed E-state index contributed by atoms with van der Waals surface area (Å²) in [6, 6.07) is 7.45. The van der Waals surface area contributed by atoms with Crippen molar-refractivity contribution < 1.29 is 9.59 Å². The van der Waals surface area contributed by atoms with Crippen LogP contribution in [0.3, 0.4) is 0 Å². The number of rotatable bonds is 1. The Balaban J connectivity index is 2.09. The summed E-state index contributed by atoms with van der Waals surface area (Å²) in [5, 5.41) is 0. The molecule has 2 atom stereocenters. The van der Waals surface area contributed by atoms with Gasteiger partial charge in [-0.2, -0.15) is 0 Å². The van der Waals surface area contributed by atoms with Gasteiger partial charge in [0.2, 0.25) is 17.8 Å². The number of hydrogen-bond acceptors (Lipinski definition) is 3. The zero-order chi connectivity index (χ0) is 12.9. The van der Waals surface area contributed by atoms with E-state index in [1.807, 2.05) is 24.3 Å². The number of aromatic amines is 1. The van der Waals surface area contributed by atoms with E-state index >= 15 is 0 Å². The summed E-state index contributed by atoms with van der Waals surface area (Å²) in [7, 11) is 0. The number of benzene rings is 1. The van der Waals surface area contributed by atoms with E-state index in [9.17, 15) is 9.59 Å². The van der Waals surface area contributed by atoms with Crippen LogP contribution in [-0.2, 0) is 9.59 Å². The second kappa shape index (κ2) is 3.66. The third kappa shape index (κ3) is 1.37. The molecule has 3 rings (SSSR count). The van der Waals surface area contributed by atoms with Crippen molar-refractivity contribution in [3.63, 3.8) is 0 Å². The van der Waals surface area contributed by atoms with Crippen molar-refractivity contribution in [2.45, 2.75) is 13.8 Å². The normalized spacial score (nSPS) is 24.2. The molecule has 5 nitrogen and oxygen atoms in total. The van der Waals surface area contributed by atoms with E-state index in [0.717, 1.165) is 15.9 Å². The largest absolute Gasteiger partial charge is 0.323 e. The van der Waals surface area contributed by atoms with Crippen LogP contribution in [0, 0.1) is 11.8 Å². The molecule has 5 heteroatoms. The van der Waals surface area contributed by atoms with Crippen LogP contribution >= 0.6 is 0 Å². The first kappa shape index (κ1) is 11.0. The SMILES string of the molecule is CC1C(=O)N(c2nc3ccccc3[nH]2)C(=O)C1C. The highest BCUT2D eigenvalue weighted by atomic mass is 16.2. The number of para-hydroxylation sites is 2. The molecule has 92 valence electrons. The third-order valence-electron chi connectivity index (χ3n) is 3.56. The molecule has 1 aromatic carbocycles. The van der Waals surface area contributed by atoms with Gasteiger partial charge in [-0.25, -0.2) is 9.88 Å². The zero-order valence-corrected chi connectivity index (χ0v) is 10.2. The van der Waals surface area contributed by atoms with E-state index in [1.165, 1.54) is 0 Å². The average molecular weight is 243 g/mol. The fourth-order valence-electron chi connectivity index (χ4n) is 2.20. The van der Waals surface area contributed by atoms with Gasteiger partial charge < -0.3 is 4.98 Å². The van der Waals surface area contributed by atoms with E-state index < -0.39 is 0 Å². The Kier molecular flexibility index (Phi) is 2.23. The first-order valence-electron chi connectivity index (χ1n) is 5.92. The molecule has 0 saturated carbocycles. The Morgan fingerprint density at radius 1 is 1.11 bits per heavy atom. The number of aromatic nitrogens is 2.